The van der Waals surface area contributed by atoms with Gasteiger partial charge in [-0.1, -0.05) is 84.9 Å². The van der Waals surface area contributed by atoms with Crippen molar-refractivity contribution in [2.75, 3.05) is 6.00 Å². The molecule has 3 nitrogen and oxygen atoms in total. The van der Waals surface area contributed by atoms with Crippen molar-refractivity contribution in [3.05, 3.63) is 96.1 Å². The number of aliphatic imine (C=N–C) groups is 3. The summed E-state index contributed by atoms with van der Waals surface area (Å²) in [5, 5.41) is 0. The first-order valence-corrected chi connectivity index (χ1v) is 8.72. The van der Waals surface area contributed by atoms with Gasteiger partial charge in [0.05, 0.1) is 0 Å². The van der Waals surface area contributed by atoms with Gasteiger partial charge in [0.1, 0.15) is 6.00 Å². The van der Waals surface area contributed by atoms with Crippen LogP contribution in [0.2, 0.25) is 0 Å². The van der Waals surface area contributed by atoms with Crippen molar-refractivity contribution in [3.8, 4) is 11.1 Å². The van der Waals surface area contributed by atoms with Gasteiger partial charge < -0.3 is 0 Å². The van der Waals surface area contributed by atoms with Crippen molar-refractivity contribution in [3.63, 3.8) is 0 Å². The number of hydrogen-bond donors (Lipinski definition) is 0. The summed E-state index contributed by atoms with van der Waals surface area (Å²) in [7, 11) is 0. The maximum atomic E-state index is 5.80. The summed E-state index contributed by atoms with van der Waals surface area (Å²) in [6, 6.07) is 28.1. The van der Waals surface area contributed by atoms with E-state index in [9.17, 15) is 0 Å². The van der Waals surface area contributed by atoms with Gasteiger partial charge in [-0.3, -0.25) is 0 Å². The lowest BCUT2D eigenvalue weighted by molar-refractivity contribution is 1.32. The van der Waals surface area contributed by atoms with Crippen LogP contribution in [0.5, 0.6) is 0 Å². The molecule has 0 aromatic heterocycles. The standard InChI is InChI=1S/C22H18ClN3/c1-24-21(26-22(25-16-23)19-10-6-3-7-11-19)20-14-12-18(13-15-20)17-8-4-2-5-9-17/h2-15H,1,16H2. The largest absolute Gasteiger partial charge is 0.250 e. The highest BCUT2D eigenvalue weighted by Gasteiger charge is 2.07. The van der Waals surface area contributed by atoms with Crippen LogP contribution in [0, 0.1) is 0 Å². The van der Waals surface area contributed by atoms with Crippen LogP contribution in [-0.4, -0.2) is 24.4 Å². The number of nitrogens with zero attached hydrogens (tertiary/aromatic N) is 3. The summed E-state index contributed by atoms with van der Waals surface area (Å²) in [5.74, 6) is 1.05. The Hall–Kier alpha value is -3.04. The van der Waals surface area contributed by atoms with Crippen molar-refractivity contribution < 1.29 is 0 Å². The van der Waals surface area contributed by atoms with Crippen molar-refractivity contribution >= 4 is 30.0 Å². The summed E-state index contributed by atoms with van der Waals surface area (Å²) in [6.45, 7) is 3.66. The van der Waals surface area contributed by atoms with Crippen molar-refractivity contribution in [1.82, 2.24) is 0 Å². The maximum Gasteiger partial charge on any atom is 0.161 e. The molecule has 0 atom stereocenters. The Kier molecular flexibility index (Phi) is 6.07. The Labute approximate surface area is 158 Å². The Morgan fingerprint density at radius 2 is 1.23 bits per heavy atom. The zero-order valence-electron chi connectivity index (χ0n) is 14.2. The zero-order chi connectivity index (χ0) is 18.2. The Bertz CT molecular complexity index is 915. The van der Waals surface area contributed by atoms with E-state index in [1.807, 2.05) is 72.8 Å². The van der Waals surface area contributed by atoms with Crippen LogP contribution in [0.25, 0.3) is 11.1 Å². The number of amidine groups is 2. The lowest BCUT2D eigenvalue weighted by atomic mass is 10.0. The monoisotopic (exact) mass is 359 g/mol. The van der Waals surface area contributed by atoms with Crippen molar-refractivity contribution in [2.45, 2.75) is 0 Å². The Morgan fingerprint density at radius 1 is 0.692 bits per heavy atom. The number of rotatable bonds is 4. The van der Waals surface area contributed by atoms with Crippen LogP contribution in [-0.2, 0) is 0 Å². The minimum absolute atomic E-state index is 0.130. The van der Waals surface area contributed by atoms with E-state index in [-0.39, 0.29) is 6.00 Å². The molecular weight excluding hydrogens is 342 g/mol. The molecule has 0 amide bonds. The van der Waals surface area contributed by atoms with Crippen LogP contribution >= 0.6 is 11.6 Å². The molecule has 0 aliphatic rings. The average Bonchev–Trinajstić information content (AvgIpc) is 2.72. The number of alkyl halides is 1. The van der Waals surface area contributed by atoms with Gasteiger partial charge in [-0.2, -0.15) is 0 Å². The second kappa shape index (κ2) is 8.88. The predicted molar refractivity (Wildman–Crippen MR) is 112 cm³/mol. The first-order valence-electron chi connectivity index (χ1n) is 8.19. The second-order valence-electron chi connectivity index (χ2n) is 5.50. The van der Waals surface area contributed by atoms with Gasteiger partial charge in [0.25, 0.3) is 0 Å². The normalized spacial score (nSPS) is 12.0. The molecule has 4 heteroatoms. The summed E-state index contributed by atoms with van der Waals surface area (Å²) < 4.78 is 0. The van der Waals surface area contributed by atoms with Gasteiger partial charge >= 0.3 is 0 Å². The van der Waals surface area contributed by atoms with Crippen molar-refractivity contribution in [2.24, 2.45) is 15.0 Å². The molecule has 128 valence electrons. The highest BCUT2D eigenvalue weighted by atomic mass is 35.5. The smallest absolute Gasteiger partial charge is 0.161 e. The fraction of sp³-hybridized carbons (Fsp3) is 0.0455. The fourth-order valence-electron chi connectivity index (χ4n) is 2.57. The van der Waals surface area contributed by atoms with Gasteiger partial charge in [0.2, 0.25) is 0 Å². The third kappa shape index (κ3) is 4.32. The molecule has 0 bridgehead atoms. The zero-order valence-corrected chi connectivity index (χ0v) is 15.0. The molecule has 0 heterocycles. The molecule has 0 saturated carbocycles. The first kappa shape index (κ1) is 17.8. The van der Waals surface area contributed by atoms with E-state index in [0.717, 1.165) is 22.3 Å². The molecule has 0 unspecified atom stereocenters. The Balaban J connectivity index is 1.93. The lowest BCUT2D eigenvalue weighted by Gasteiger charge is -2.06. The molecule has 0 aliphatic carbocycles. The van der Waals surface area contributed by atoms with E-state index in [1.54, 1.807) is 0 Å². The SMILES string of the molecule is C=NC(=NC(=NCCl)c1ccccc1)c1ccc(-c2ccccc2)cc1. The molecule has 3 aromatic carbocycles. The molecule has 0 N–H and O–H groups in total. The second-order valence-corrected chi connectivity index (χ2v) is 5.74. The number of halogens is 1. The molecule has 0 saturated heterocycles. The van der Waals surface area contributed by atoms with Crippen LogP contribution < -0.4 is 0 Å². The van der Waals surface area contributed by atoms with E-state index in [2.05, 4.69) is 33.8 Å². The number of benzene rings is 3. The minimum atomic E-state index is 0.130. The predicted octanol–water partition coefficient (Wildman–Crippen LogP) is 5.44. The van der Waals surface area contributed by atoms with Crippen molar-refractivity contribution in [1.29, 1.82) is 0 Å². The Morgan fingerprint density at radius 3 is 1.81 bits per heavy atom. The molecule has 0 aliphatic heterocycles. The third-order valence-corrected chi connectivity index (χ3v) is 3.97. The van der Waals surface area contributed by atoms with E-state index >= 15 is 0 Å². The minimum Gasteiger partial charge on any atom is -0.250 e. The number of hydrogen-bond acceptors (Lipinski definition) is 1. The summed E-state index contributed by atoms with van der Waals surface area (Å²) >= 11 is 5.80. The fourth-order valence-corrected chi connectivity index (χ4v) is 2.68. The lowest BCUT2D eigenvalue weighted by Crippen LogP contribution is -2.05. The summed E-state index contributed by atoms with van der Waals surface area (Å²) in [5.41, 5.74) is 4.06. The van der Waals surface area contributed by atoms with Crippen LogP contribution in [0.1, 0.15) is 11.1 Å². The quantitative estimate of drug-likeness (QED) is 0.257. The third-order valence-electron chi connectivity index (χ3n) is 3.85. The van der Waals surface area contributed by atoms with Crippen LogP contribution in [0.15, 0.2) is 99.9 Å². The van der Waals surface area contributed by atoms with E-state index in [0.29, 0.717) is 11.7 Å². The van der Waals surface area contributed by atoms with Gasteiger partial charge in [-0.15, -0.1) is 11.6 Å². The molecule has 3 rings (SSSR count). The van der Waals surface area contributed by atoms with Gasteiger partial charge in [0.15, 0.2) is 11.7 Å². The molecule has 0 fully saturated rings. The average molecular weight is 360 g/mol. The molecular formula is C22H18ClN3. The van der Waals surface area contributed by atoms with E-state index in [4.69, 9.17) is 11.6 Å². The van der Waals surface area contributed by atoms with Gasteiger partial charge in [-0.05, 0) is 17.8 Å². The molecule has 0 spiro atoms. The molecule has 26 heavy (non-hydrogen) atoms. The topological polar surface area (TPSA) is 37.1 Å². The van der Waals surface area contributed by atoms with Gasteiger partial charge in [-0.25, -0.2) is 15.0 Å². The van der Waals surface area contributed by atoms with Crippen LogP contribution in [0.4, 0.5) is 0 Å². The summed E-state index contributed by atoms with van der Waals surface area (Å²) in [4.78, 5) is 12.9. The van der Waals surface area contributed by atoms with E-state index < -0.39 is 0 Å². The highest BCUT2D eigenvalue weighted by molar-refractivity contribution is 6.19. The van der Waals surface area contributed by atoms with Crippen LogP contribution in [0.3, 0.4) is 0 Å². The molecule has 0 radical (unpaired) electrons. The van der Waals surface area contributed by atoms with E-state index in [1.165, 1.54) is 0 Å². The maximum absolute atomic E-state index is 5.80. The first-order chi connectivity index (χ1) is 12.8. The highest BCUT2D eigenvalue weighted by Crippen LogP contribution is 2.20. The summed E-state index contributed by atoms with van der Waals surface area (Å²) in [6.07, 6.45) is 0. The molecule has 3 aromatic rings. The van der Waals surface area contributed by atoms with Gasteiger partial charge in [0, 0.05) is 11.1 Å².